The van der Waals surface area contributed by atoms with Crippen LogP contribution in [0.5, 0.6) is 0 Å². The van der Waals surface area contributed by atoms with Gasteiger partial charge in [0.25, 0.3) is 0 Å². The van der Waals surface area contributed by atoms with E-state index in [2.05, 4.69) is 27.7 Å². The zero-order valence-corrected chi connectivity index (χ0v) is 18.2. The Labute approximate surface area is 150 Å². The van der Waals surface area contributed by atoms with Crippen molar-refractivity contribution in [1.82, 2.24) is 0 Å². The van der Waals surface area contributed by atoms with Gasteiger partial charge in [0.15, 0.2) is 0 Å². The average Bonchev–Trinajstić information content (AvgIpc) is 2.57. The SMILES string of the molecule is CCCCCCCC[Si](CCCC)(CCCC)CCCCCC. The molecule has 0 heterocycles. The monoisotopic (exact) mass is 340 g/mol. The van der Waals surface area contributed by atoms with Crippen molar-refractivity contribution in [2.75, 3.05) is 0 Å². The van der Waals surface area contributed by atoms with Crippen LogP contribution in [-0.2, 0) is 0 Å². The second-order valence-electron chi connectivity index (χ2n) is 8.04. The predicted molar refractivity (Wildman–Crippen MR) is 112 cm³/mol. The normalized spacial score (nSPS) is 12.0. The lowest BCUT2D eigenvalue weighted by atomic mass is 10.1. The third-order valence-corrected chi connectivity index (χ3v) is 11.4. The minimum absolute atomic E-state index is 0.956. The van der Waals surface area contributed by atoms with E-state index in [-0.39, 0.29) is 0 Å². The van der Waals surface area contributed by atoms with Gasteiger partial charge in [0, 0.05) is 0 Å². The molecule has 0 fully saturated rings. The van der Waals surface area contributed by atoms with E-state index in [9.17, 15) is 0 Å². The maximum absolute atomic E-state index is 2.39. The zero-order chi connectivity index (χ0) is 17.2. The number of unbranched alkanes of at least 4 members (excludes halogenated alkanes) is 10. The minimum Gasteiger partial charge on any atom is -0.0654 e. The first-order chi connectivity index (χ1) is 11.2. The third kappa shape index (κ3) is 13.2. The summed E-state index contributed by atoms with van der Waals surface area (Å²) in [5, 5.41) is 0. The van der Waals surface area contributed by atoms with Crippen LogP contribution in [0.2, 0.25) is 24.2 Å². The van der Waals surface area contributed by atoms with Crippen molar-refractivity contribution in [3.63, 3.8) is 0 Å². The first kappa shape index (κ1) is 23.2. The lowest BCUT2D eigenvalue weighted by Gasteiger charge is -2.32. The van der Waals surface area contributed by atoms with Gasteiger partial charge in [-0.05, 0) is 0 Å². The number of hydrogen-bond donors (Lipinski definition) is 0. The van der Waals surface area contributed by atoms with Gasteiger partial charge in [0.05, 0.1) is 8.07 Å². The Balaban J connectivity index is 4.37. The number of rotatable bonds is 18. The van der Waals surface area contributed by atoms with Crippen LogP contribution < -0.4 is 0 Å². The van der Waals surface area contributed by atoms with Crippen molar-refractivity contribution >= 4 is 8.07 Å². The molecule has 0 aromatic heterocycles. The molecule has 23 heavy (non-hydrogen) atoms. The lowest BCUT2D eigenvalue weighted by molar-refractivity contribution is 0.618. The van der Waals surface area contributed by atoms with Gasteiger partial charge in [-0.2, -0.15) is 0 Å². The summed E-state index contributed by atoms with van der Waals surface area (Å²) >= 11 is 0. The van der Waals surface area contributed by atoms with Gasteiger partial charge < -0.3 is 0 Å². The average molecular weight is 341 g/mol. The molecule has 140 valence electrons. The summed E-state index contributed by atoms with van der Waals surface area (Å²) in [5.41, 5.74) is 0. The van der Waals surface area contributed by atoms with Crippen LogP contribution in [0.1, 0.15) is 118 Å². The van der Waals surface area contributed by atoms with Crippen LogP contribution in [-0.4, -0.2) is 8.07 Å². The summed E-state index contributed by atoms with van der Waals surface area (Å²) in [5.74, 6) is 0. The zero-order valence-electron chi connectivity index (χ0n) is 17.2. The topological polar surface area (TPSA) is 0 Å². The van der Waals surface area contributed by atoms with E-state index in [1.807, 2.05) is 0 Å². The fourth-order valence-corrected chi connectivity index (χ4v) is 9.77. The second-order valence-corrected chi connectivity index (χ2v) is 13.0. The molecule has 0 atom stereocenters. The molecule has 0 saturated carbocycles. The molecule has 0 aliphatic carbocycles. The van der Waals surface area contributed by atoms with Crippen molar-refractivity contribution in [2.24, 2.45) is 0 Å². The molecule has 0 rings (SSSR count). The van der Waals surface area contributed by atoms with Gasteiger partial charge in [-0.3, -0.25) is 0 Å². The summed E-state index contributed by atoms with van der Waals surface area (Å²) in [6.07, 6.45) is 20.6. The molecule has 0 aromatic carbocycles. The molecule has 0 nitrogen and oxygen atoms in total. The van der Waals surface area contributed by atoms with Crippen molar-refractivity contribution in [1.29, 1.82) is 0 Å². The first-order valence-corrected chi connectivity index (χ1v) is 14.1. The van der Waals surface area contributed by atoms with Crippen molar-refractivity contribution in [2.45, 2.75) is 142 Å². The van der Waals surface area contributed by atoms with Crippen molar-refractivity contribution in [3.8, 4) is 0 Å². The third-order valence-electron chi connectivity index (χ3n) is 5.74. The van der Waals surface area contributed by atoms with Crippen LogP contribution in [0.25, 0.3) is 0 Å². The maximum Gasteiger partial charge on any atom is 0.0535 e. The molecular formula is C22H48Si. The van der Waals surface area contributed by atoms with Crippen LogP contribution in [0.15, 0.2) is 0 Å². The molecule has 0 aliphatic heterocycles. The van der Waals surface area contributed by atoms with Crippen molar-refractivity contribution in [3.05, 3.63) is 0 Å². The molecule has 1 heteroatoms. The Morgan fingerprint density at radius 1 is 0.348 bits per heavy atom. The summed E-state index contributed by atoms with van der Waals surface area (Å²) in [7, 11) is -0.956. The summed E-state index contributed by atoms with van der Waals surface area (Å²) < 4.78 is 0. The maximum atomic E-state index is 2.39. The van der Waals surface area contributed by atoms with Crippen LogP contribution in [0.3, 0.4) is 0 Å². The van der Waals surface area contributed by atoms with E-state index in [1.165, 1.54) is 77.0 Å². The Kier molecular flexibility index (Phi) is 17.2. The minimum atomic E-state index is -0.956. The van der Waals surface area contributed by atoms with E-state index in [0.29, 0.717) is 0 Å². The first-order valence-electron chi connectivity index (χ1n) is 11.2. The molecule has 0 unspecified atom stereocenters. The highest BCUT2D eigenvalue weighted by atomic mass is 28.3. The molecule has 0 bridgehead atoms. The molecule has 0 radical (unpaired) electrons. The molecule has 0 amide bonds. The Morgan fingerprint density at radius 3 is 1.09 bits per heavy atom. The summed E-state index contributed by atoms with van der Waals surface area (Å²) in [6, 6.07) is 6.60. The van der Waals surface area contributed by atoms with Crippen molar-refractivity contribution < 1.29 is 0 Å². The highest BCUT2D eigenvalue weighted by Gasteiger charge is 2.30. The summed E-state index contributed by atoms with van der Waals surface area (Å²) in [6.45, 7) is 9.44. The van der Waals surface area contributed by atoms with Gasteiger partial charge in [0.1, 0.15) is 0 Å². The molecular weight excluding hydrogens is 292 g/mol. The number of hydrogen-bond acceptors (Lipinski definition) is 0. The van der Waals surface area contributed by atoms with Crippen LogP contribution in [0, 0.1) is 0 Å². The van der Waals surface area contributed by atoms with Gasteiger partial charge in [-0.1, -0.05) is 142 Å². The fraction of sp³-hybridized carbons (Fsp3) is 1.00. The van der Waals surface area contributed by atoms with Crippen LogP contribution in [0.4, 0.5) is 0 Å². The lowest BCUT2D eigenvalue weighted by Crippen LogP contribution is -2.33. The predicted octanol–water partition coefficient (Wildman–Crippen LogP) is 8.98. The Bertz CT molecular complexity index is 216. The second kappa shape index (κ2) is 17.1. The quantitative estimate of drug-likeness (QED) is 0.172. The van der Waals surface area contributed by atoms with Crippen LogP contribution >= 0.6 is 0 Å². The molecule has 0 aliphatic rings. The van der Waals surface area contributed by atoms with E-state index >= 15 is 0 Å². The van der Waals surface area contributed by atoms with Gasteiger partial charge >= 0.3 is 0 Å². The Morgan fingerprint density at radius 2 is 0.652 bits per heavy atom. The highest BCUT2D eigenvalue weighted by Crippen LogP contribution is 2.34. The van der Waals surface area contributed by atoms with E-state index in [1.54, 1.807) is 37.0 Å². The largest absolute Gasteiger partial charge is 0.0654 e. The molecule has 0 saturated heterocycles. The summed E-state index contributed by atoms with van der Waals surface area (Å²) in [4.78, 5) is 0. The van der Waals surface area contributed by atoms with E-state index < -0.39 is 8.07 Å². The van der Waals surface area contributed by atoms with Gasteiger partial charge in [-0.15, -0.1) is 0 Å². The van der Waals surface area contributed by atoms with Gasteiger partial charge in [-0.25, -0.2) is 0 Å². The molecule has 0 aromatic rings. The van der Waals surface area contributed by atoms with Gasteiger partial charge in [0.2, 0.25) is 0 Å². The smallest absolute Gasteiger partial charge is 0.0535 e. The Hall–Kier alpha value is 0.217. The fourth-order valence-electron chi connectivity index (χ4n) is 4.06. The highest BCUT2D eigenvalue weighted by molar-refractivity contribution is 6.79. The standard InChI is InChI=1S/C22H48Si/c1-5-9-13-15-16-18-22-23(19-11-7-3,20-12-8-4)21-17-14-10-6-2/h5-22H2,1-4H3. The molecule has 0 spiro atoms. The van der Waals surface area contributed by atoms with E-state index in [4.69, 9.17) is 0 Å². The molecule has 0 N–H and O–H groups in total. The van der Waals surface area contributed by atoms with E-state index in [0.717, 1.165) is 0 Å².